The molecule has 0 bridgehead atoms. The molecule has 1 aromatic carbocycles. The van der Waals surface area contributed by atoms with E-state index in [0.29, 0.717) is 23.0 Å². The van der Waals surface area contributed by atoms with E-state index in [4.69, 9.17) is 11.6 Å². The molecule has 1 heterocycles. The summed E-state index contributed by atoms with van der Waals surface area (Å²) >= 11 is 6.30. The topological polar surface area (TPSA) is 88.4 Å². The molecule has 26 heavy (non-hydrogen) atoms. The van der Waals surface area contributed by atoms with Crippen molar-refractivity contribution in [1.82, 2.24) is 20.5 Å². The van der Waals surface area contributed by atoms with Gasteiger partial charge in [-0.1, -0.05) is 23.7 Å². The average molecular weight is 380 g/mol. The molecule has 7 nitrogen and oxygen atoms in total. The molecule has 0 spiro atoms. The van der Waals surface area contributed by atoms with Crippen LogP contribution in [0.2, 0.25) is 5.15 Å². The van der Waals surface area contributed by atoms with Crippen molar-refractivity contribution in [2.24, 2.45) is 5.10 Å². The number of carbonyl (C=O) groups is 2. The van der Waals surface area contributed by atoms with E-state index in [9.17, 15) is 14.0 Å². The predicted octanol–water partition coefficient (Wildman–Crippen LogP) is 2.01. The summed E-state index contributed by atoms with van der Waals surface area (Å²) < 4.78 is 14.5. The molecule has 1 aromatic heterocycles. The summed E-state index contributed by atoms with van der Waals surface area (Å²) in [5, 5.41) is 10.8. The Morgan fingerprint density at radius 2 is 1.96 bits per heavy atom. The van der Waals surface area contributed by atoms with Crippen LogP contribution in [0.5, 0.6) is 0 Å². The monoisotopic (exact) mass is 379 g/mol. The molecule has 2 aromatic rings. The van der Waals surface area contributed by atoms with Crippen LogP contribution in [0.3, 0.4) is 0 Å². The molecule has 9 heteroatoms. The van der Waals surface area contributed by atoms with E-state index in [1.807, 2.05) is 0 Å². The normalized spacial score (nSPS) is 11.2. The van der Waals surface area contributed by atoms with Crippen molar-refractivity contribution in [3.8, 4) is 0 Å². The zero-order chi connectivity index (χ0) is 19.3. The Hall–Kier alpha value is -2.74. The molecule has 2 N–H and O–H groups in total. The fraction of sp³-hybridized carbons (Fsp3) is 0.294. The lowest BCUT2D eigenvalue weighted by atomic mass is 10.2. The van der Waals surface area contributed by atoms with E-state index in [1.165, 1.54) is 18.3 Å². The van der Waals surface area contributed by atoms with Crippen LogP contribution < -0.4 is 10.7 Å². The summed E-state index contributed by atoms with van der Waals surface area (Å²) in [5.41, 5.74) is 4.08. The van der Waals surface area contributed by atoms with Crippen LogP contribution in [0.25, 0.3) is 0 Å². The first-order valence-corrected chi connectivity index (χ1v) is 8.27. The lowest BCUT2D eigenvalue weighted by Crippen LogP contribution is -2.41. The number of hydrazone groups is 1. The molecule has 138 valence electrons. The molecule has 0 unspecified atom stereocenters. The summed E-state index contributed by atoms with van der Waals surface area (Å²) in [6, 6.07) is 5.85. The van der Waals surface area contributed by atoms with Crippen molar-refractivity contribution in [3.05, 3.63) is 52.1 Å². The number of aryl methyl sites for hydroxylation is 1. The van der Waals surface area contributed by atoms with Gasteiger partial charge in [0.25, 0.3) is 0 Å². The van der Waals surface area contributed by atoms with Crippen molar-refractivity contribution in [1.29, 1.82) is 0 Å². The molecule has 0 atom stereocenters. The summed E-state index contributed by atoms with van der Waals surface area (Å²) in [6.45, 7) is 5.58. The van der Waals surface area contributed by atoms with Gasteiger partial charge in [0, 0.05) is 6.04 Å². The second-order valence-corrected chi connectivity index (χ2v) is 6.26. The summed E-state index contributed by atoms with van der Waals surface area (Å²) in [4.78, 5) is 23.1. The van der Waals surface area contributed by atoms with Crippen molar-refractivity contribution in [2.75, 3.05) is 0 Å². The Morgan fingerprint density at radius 3 is 2.58 bits per heavy atom. The Kier molecular flexibility index (Phi) is 6.46. The minimum Gasteiger partial charge on any atom is -0.346 e. The highest BCUT2D eigenvalue weighted by Crippen LogP contribution is 2.19. The number of nitrogens with zero attached hydrogens (tertiary/aromatic N) is 3. The van der Waals surface area contributed by atoms with Crippen LogP contribution in [0.15, 0.2) is 29.4 Å². The Morgan fingerprint density at radius 1 is 1.31 bits per heavy atom. The summed E-state index contributed by atoms with van der Waals surface area (Å²) in [6.07, 6.45) is 1.33. The van der Waals surface area contributed by atoms with Crippen molar-refractivity contribution in [3.63, 3.8) is 0 Å². The molecule has 0 saturated carbocycles. The van der Waals surface area contributed by atoms with Gasteiger partial charge < -0.3 is 5.32 Å². The van der Waals surface area contributed by atoms with Gasteiger partial charge >= 0.3 is 11.8 Å². The van der Waals surface area contributed by atoms with Crippen LogP contribution in [0, 0.1) is 12.7 Å². The number of aromatic nitrogens is 2. The number of nitrogens with one attached hydrogen (secondary N) is 2. The van der Waals surface area contributed by atoms with E-state index in [2.05, 4.69) is 20.9 Å². The van der Waals surface area contributed by atoms with Crippen molar-refractivity contribution >= 4 is 29.6 Å². The fourth-order valence-corrected chi connectivity index (χ4v) is 2.40. The maximum atomic E-state index is 13.0. The van der Waals surface area contributed by atoms with Crippen molar-refractivity contribution < 1.29 is 14.0 Å². The van der Waals surface area contributed by atoms with Crippen LogP contribution in [-0.4, -0.2) is 33.9 Å². The lowest BCUT2D eigenvalue weighted by Gasteiger charge is -2.06. The maximum Gasteiger partial charge on any atom is 0.329 e. The van der Waals surface area contributed by atoms with E-state index < -0.39 is 11.8 Å². The number of hydrogen-bond donors (Lipinski definition) is 2. The van der Waals surface area contributed by atoms with Gasteiger partial charge in [-0.25, -0.2) is 14.5 Å². The first kappa shape index (κ1) is 19.6. The number of halogens is 2. The van der Waals surface area contributed by atoms with Crippen LogP contribution >= 0.6 is 11.6 Å². The Labute approximate surface area is 155 Å². The van der Waals surface area contributed by atoms with Gasteiger partial charge in [0.2, 0.25) is 0 Å². The van der Waals surface area contributed by atoms with Gasteiger partial charge in [0.15, 0.2) is 0 Å². The first-order valence-electron chi connectivity index (χ1n) is 7.89. The lowest BCUT2D eigenvalue weighted by molar-refractivity contribution is -0.139. The van der Waals surface area contributed by atoms with Gasteiger partial charge in [0.1, 0.15) is 11.0 Å². The second kappa shape index (κ2) is 8.57. The zero-order valence-corrected chi connectivity index (χ0v) is 15.3. The number of hydrogen-bond acceptors (Lipinski definition) is 4. The molecule has 2 amide bonds. The minimum atomic E-state index is -0.873. The number of amides is 2. The molecule has 0 fully saturated rings. The van der Waals surface area contributed by atoms with Crippen LogP contribution in [0.1, 0.15) is 30.7 Å². The molecule has 0 saturated heterocycles. The quantitative estimate of drug-likeness (QED) is 0.473. The van der Waals surface area contributed by atoms with Gasteiger partial charge in [-0.2, -0.15) is 10.2 Å². The number of carbonyl (C=O) groups excluding carboxylic acids is 2. The highest BCUT2D eigenvalue weighted by atomic mass is 35.5. The third-order valence-corrected chi connectivity index (χ3v) is 3.74. The highest BCUT2D eigenvalue weighted by molar-refractivity contribution is 6.35. The van der Waals surface area contributed by atoms with E-state index in [0.717, 1.165) is 5.56 Å². The minimum absolute atomic E-state index is 0.154. The molecular weight excluding hydrogens is 361 g/mol. The molecule has 0 radical (unpaired) electrons. The van der Waals surface area contributed by atoms with Gasteiger partial charge in [-0.15, -0.1) is 0 Å². The number of benzene rings is 1. The third-order valence-electron chi connectivity index (χ3n) is 3.34. The second-order valence-electron chi connectivity index (χ2n) is 5.90. The van der Waals surface area contributed by atoms with Crippen LogP contribution in [0.4, 0.5) is 4.39 Å². The standard InChI is InChI=1S/C17H19ClFN5O2/c1-10(2)21-16(25)17(26)22-20-8-14-11(3)23-24(15(14)18)9-12-4-6-13(19)7-5-12/h4-8,10H,9H2,1-3H3,(H,21,25)(H,22,26)/b20-8-. The largest absolute Gasteiger partial charge is 0.346 e. The van der Waals surface area contributed by atoms with E-state index >= 15 is 0 Å². The third kappa shape index (κ3) is 5.13. The Balaban J connectivity index is 2.06. The average Bonchev–Trinajstić information content (AvgIpc) is 2.83. The smallest absolute Gasteiger partial charge is 0.329 e. The Bertz CT molecular complexity index is 830. The molecule has 0 aliphatic heterocycles. The SMILES string of the molecule is Cc1nn(Cc2ccc(F)cc2)c(Cl)c1/C=N\NC(=O)C(=O)NC(C)C. The molecule has 0 aliphatic rings. The van der Waals surface area contributed by atoms with E-state index in [1.54, 1.807) is 37.6 Å². The van der Waals surface area contributed by atoms with Crippen LogP contribution in [-0.2, 0) is 16.1 Å². The summed E-state index contributed by atoms with van der Waals surface area (Å²) in [5.74, 6) is -1.96. The van der Waals surface area contributed by atoms with E-state index in [-0.39, 0.29) is 11.9 Å². The molecule has 2 rings (SSSR count). The van der Waals surface area contributed by atoms with Crippen molar-refractivity contribution in [2.45, 2.75) is 33.4 Å². The van der Waals surface area contributed by atoms with Gasteiger partial charge in [-0.05, 0) is 38.5 Å². The zero-order valence-electron chi connectivity index (χ0n) is 14.6. The maximum absolute atomic E-state index is 13.0. The first-order chi connectivity index (χ1) is 12.3. The number of rotatable bonds is 5. The molecular formula is C17H19ClFN5O2. The fourth-order valence-electron chi connectivity index (χ4n) is 2.12. The summed E-state index contributed by atoms with van der Waals surface area (Å²) in [7, 11) is 0. The highest BCUT2D eigenvalue weighted by Gasteiger charge is 2.15. The predicted molar refractivity (Wildman–Crippen MR) is 96.5 cm³/mol. The molecule has 0 aliphatic carbocycles. The van der Waals surface area contributed by atoms with Gasteiger partial charge in [-0.3, -0.25) is 9.59 Å². The van der Waals surface area contributed by atoms with Gasteiger partial charge in [0.05, 0.1) is 24.0 Å².